The Hall–Kier alpha value is -2.64. The fourth-order valence-corrected chi connectivity index (χ4v) is 1.41. The molecule has 17 heavy (non-hydrogen) atoms. The largest absolute Gasteiger partial charge is 0.490 e. The number of nitro groups is 1. The quantitative estimate of drug-likeness (QED) is 0.635. The van der Waals surface area contributed by atoms with Gasteiger partial charge in [0.05, 0.1) is 23.5 Å². The Labute approximate surface area is 93.5 Å². The van der Waals surface area contributed by atoms with E-state index in [1.807, 2.05) is 0 Å². The fraction of sp³-hybridized carbons (Fsp3) is 0.111. The van der Waals surface area contributed by atoms with Gasteiger partial charge in [0.2, 0.25) is 0 Å². The first kappa shape index (κ1) is 10.9. The van der Waals surface area contributed by atoms with Gasteiger partial charge in [-0.2, -0.15) is 0 Å². The normalized spacial score (nSPS) is 10.4. The lowest BCUT2D eigenvalue weighted by molar-refractivity contribution is -0.385. The summed E-state index contributed by atoms with van der Waals surface area (Å²) in [5.74, 6) is -1.33. The van der Waals surface area contributed by atoms with E-state index in [0.717, 1.165) is 6.07 Å². The molecule has 0 saturated heterocycles. The zero-order valence-corrected chi connectivity index (χ0v) is 8.54. The lowest BCUT2D eigenvalue weighted by atomic mass is 10.2. The number of carbonyl (C=O) groups is 1. The van der Waals surface area contributed by atoms with E-state index in [-0.39, 0.29) is 28.1 Å². The van der Waals surface area contributed by atoms with Gasteiger partial charge >= 0.3 is 11.7 Å². The Bertz CT molecular complexity index is 617. The van der Waals surface area contributed by atoms with Crippen molar-refractivity contribution in [2.45, 2.75) is 0 Å². The third-order valence-corrected chi connectivity index (χ3v) is 2.17. The van der Waals surface area contributed by atoms with Crippen LogP contribution in [0, 0.1) is 10.1 Å². The van der Waals surface area contributed by atoms with Gasteiger partial charge in [-0.05, 0) is 0 Å². The van der Waals surface area contributed by atoms with Gasteiger partial charge in [-0.25, -0.2) is 4.79 Å². The highest BCUT2D eigenvalue weighted by atomic mass is 16.6. The Kier molecular flexibility index (Phi) is 2.39. The second-order valence-electron chi connectivity index (χ2n) is 3.11. The summed E-state index contributed by atoms with van der Waals surface area (Å²) in [6, 6.07) is 2.29. The van der Waals surface area contributed by atoms with Crippen LogP contribution in [0.4, 0.5) is 5.69 Å². The van der Waals surface area contributed by atoms with E-state index >= 15 is 0 Å². The fourth-order valence-electron chi connectivity index (χ4n) is 1.41. The summed E-state index contributed by atoms with van der Waals surface area (Å²) in [4.78, 5) is 20.9. The second kappa shape index (κ2) is 3.74. The van der Waals surface area contributed by atoms with Crippen molar-refractivity contribution in [3.63, 3.8) is 0 Å². The van der Waals surface area contributed by atoms with Crippen LogP contribution in [0.25, 0.3) is 11.0 Å². The molecular weight excluding hydrogens is 232 g/mol. The SMILES string of the molecule is COc1cc2c(C(=O)O)noc2cc1[N+](=O)[O-]. The van der Waals surface area contributed by atoms with Crippen molar-refractivity contribution in [2.75, 3.05) is 7.11 Å². The highest BCUT2D eigenvalue weighted by Crippen LogP contribution is 2.33. The molecule has 1 heterocycles. The molecular formula is C9H6N2O6. The second-order valence-corrected chi connectivity index (χ2v) is 3.11. The molecule has 88 valence electrons. The summed E-state index contributed by atoms with van der Waals surface area (Å²) in [6.07, 6.45) is 0. The predicted molar refractivity (Wildman–Crippen MR) is 54.2 cm³/mol. The summed E-state index contributed by atoms with van der Waals surface area (Å²) in [6.45, 7) is 0. The van der Waals surface area contributed by atoms with Crippen LogP contribution < -0.4 is 4.74 Å². The Morgan fingerprint density at radius 1 is 1.59 bits per heavy atom. The van der Waals surface area contributed by atoms with Crippen LogP contribution in [0.15, 0.2) is 16.7 Å². The zero-order chi connectivity index (χ0) is 12.6. The molecule has 0 atom stereocenters. The average Bonchev–Trinajstić information content (AvgIpc) is 2.69. The highest BCUT2D eigenvalue weighted by Gasteiger charge is 2.22. The van der Waals surface area contributed by atoms with E-state index in [2.05, 4.69) is 5.16 Å². The van der Waals surface area contributed by atoms with Gasteiger partial charge in [-0.3, -0.25) is 10.1 Å². The van der Waals surface area contributed by atoms with Gasteiger partial charge in [0, 0.05) is 6.07 Å². The number of nitrogens with zero attached hydrogens (tertiary/aromatic N) is 2. The van der Waals surface area contributed by atoms with Crippen molar-refractivity contribution in [1.29, 1.82) is 0 Å². The summed E-state index contributed by atoms with van der Waals surface area (Å²) in [7, 11) is 1.25. The van der Waals surface area contributed by atoms with Crippen LogP contribution in [0.2, 0.25) is 0 Å². The van der Waals surface area contributed by atoms with Crippen LogP contribution in [0.5, 0.6) is 5.75 Å². The third-order valence-electron chi connectivity index (χ3n) is 2.17. The maximum Gasteiger partial charge on any atom is 0.358 e. The molecule has 0 spiro atoms. The van der Waals surface area contributed by atoms with Crippen molar-refractivity contribution in [3.8, 4) is 5.75 Å². The highest BCUT2D eigenvalue weighted by molar-refractivity contribution is 6.01. The van der Waals surface area contributed by atoms with Crippen LogP contribution in [0.1, 0.15) is 10.5 Å². The van der Waals surface area contributed by atoms with E-state index < -0.39 is 10.9 Å². The topological polar surface area (TPSA) is 116 Å². The Morgan fingerprint density at radius 2 is 2.29 bits per heavy atom. The number of carboxylic acid groups (broad SMARTS) is 1. The van der Waals surface area contributed by atoms with Crippen LogP contribution in [-0.4, -0.2) is 28.3 Å². The molecule has 1 aromatic carbocycles. The van der Waals surface area contributed by atoms with Crippen molar-refractivity contribution in [2.24, 2.45) is 0 Å². The molecule has 0 aliphatic carbocycles. The Balaban J connectivity index is 2.76. The molecule has 0 fully saturated rings. The number of methoxy groups -OCH3 is 1. The number of carboxylic acids is 1. The molecule has 8 heteroatoms. The van der Waals surface area contributed by atoms with Crippen molar-refractivity contribution < 1.29 is 24.1 Å². The lowest BCUT2D eigenvalue weighted by Gasteiger charge is -2.00. The number of nitro benzene ring substituents is 1. The minimum atomic E-state index is -1.28. The summed E-state index contributed by atoms with van der Waals surface area (Å²) in [5, 5.41) is 23.0. The van der Waals surface area contributed by atoms with Crippen LogP contribution in [0.3, 0.4) is 0 Å². The van der Waals surface area contributed by atoms with Gasteiger partial charge in [0.15, 0.2) is 17.0 Å². The van der Waals surface area contributed by atoms with E-state index in [1.54, 1.807) is 0 Å². The number of hydrogen-bond donors (Lipinski definition) is 1. The first-order valence-electron chi connectivity index (χ1n) is 4.39. The molecule has 0 radical (unpaired) electrons. The molecule has 2 aromatic rings. The molecule has 0 aliphatic heterocycles. The summed E-state index contributed by atoms with van der Waals surface area (Å²) >= 11 is 0. The third kappa shape index (κ3) is 1.65. The number of aromatic nitrogens is 1. The standard InChI is InChI=1S/C9H6N2O6/c1-16-7-2-4-6(3-5(7)11(14)15)17-10-8(4)9(12)13/h2-3H,1H3,(H,12,13). The maximum absolute atomic E-state index is 10.8. The number of fused-ring (bicyclic) bond motifs is 1. The molecule has 0 aliphatic rings. The summed E-state index contributed by atoms with van der Waals surface area (Å²) < 4.78 is 9.52. The minimum absolute atomic E-state index is 0.0231. The first-order valence-corrected chi connectivity index (χ1v) is 4.39. The van der Waals surface area contributed by atoms with Gasteiger partial charge in [-0.1, -0.05) is 5.16 Å². The maximum atomic E-state index is 10.8. The van der Waals surface area contributed by atoms with E-state index in [4.69, 9.17) is 14.4 Å². The molecule has 8 nitrogen and oxygen atoms in total. The van der Waals surface area contributed by atoms with E-state index in [9.17, 15) is 14.9 Å². The van der Waals surface area contributed by atoms with Crippen molar-refractivity contribution in [1.82, 2.24) is 5.16 Å². The molecule has 1 aromatic heterocycles. The molecule has 1 N–H and O–H groups in total. The molecule has 0 unspecified atom stereocenters. The molecule has 0 saturated carbocycles. The first-order chi connectivity index (χ1) is 8.04. The van der Waals surface area contributed by atoms with Crippen molar-refractivity contribution in [3.05, 3.63) is 27.9 Å². The minimum Gasteiger partial charge on any atom is -0.490 e. The van der Waals surface area contributed by atoms with Crippen LogP contribution in [-0.2, 0) is 0 Å². The van der Waals surface area contributed by atoms with Crippen LogP contribution >= 0.6 is 0 Å². The lowest BCUT2D eigenvalue weighted by Crippen LogP contribution is -1.97. The number of ether oxygens (including phenoxy) is 1. The number of benzene rings is 1. The molecule has 0 amide bonds. The monoisotopic (exact) mass is 238 g/mol. The van der Waals surface area contributed by atoms with Gasteiger partial charge in [0.25, 0.3) is 0 Å². The van der Waals surface area contributed by atoms with Gasteiger partial charge < -0.3 is 14.4 Å². The Morgan fingerprint density at radius 3 is 2.82 bits per heavy atom. The van der Waals surface area contributed by atoms with E-state index in [1.165, 1.54) is 13.2 Å². The van der Waals surface area contributed by atoms with Crippen molar-refractivity contribution >= 4 is 22.6 Å². The predicted octanol–water partition coefficient (Wildman–Crippen LogP) is 1.44. The van der Waals surface area contributed by atoms with E-state index in [0.29, 0.717) is 0 Å². The molecule has 2 rings (SSSR count). The number of rotatable bonds is 3. The zero-order valence-electron chi connectivity index (χ0n) is 8.54. The average molecular weight is 238 g/mol. The molecule has 0 bridgehead atoms. The van der Waals surface area contributed by atoms with Gasteiger partial charge in [0.1, 0.15) is 0 Å². The number of hydrogen-bond acceptors (Lipinski definition) is 6. The number of aromatic carboxylic acids is 1. The summed E-state index contributed by atoms with van der Waals surface area (Å²) in [5.41, 5.74) is -0.601. The smallest absolute Gasteiger partial charge is 0.358 e. The van der Waals surface area contributed by atoms with Gasteiger partial charge in [-0.15, -0.1) is 0 Å².